The summed E-state index contributed by atoms with van der Waals surface area (Å²) in [6, 6.07) is 9.69. The lowest BCUT2D eigenvalue weighted by Crippen LogP contribution is -2.47. The highest BCUT2D eigenvalue weighted by Crippen LogP contribution is 2.26. The fourth-order valence-electron chi connectivity index (χ4n) is 2.41. The van der Waals surface area contributed by atoms with Crippen molar-refractivity contribution in [2.24, 2.45) is 5.92 Å². The Bertz CT molecular complexity index is 482. The molecule has 0 aliphatic heterocycles. The third-order valence-corrected chi connectivity index (χ3v) is 3.40. The van der Waals surface area contributed by atoms with Gasteiger partial charge in [-0.1, -0.05) is 30.3 Å². The topological polar surface area (TPSA) is 57.6 Å². The van der Waals surface area contributed by atoms with Gasteiger partial charge in [-0.15, -0.1) is 0 Å². The predicted molar refractivity (Wildman–Crippen MR) is 75.9 cm³/mol. The van der Waals surface area contributed by atoms with Gasteiger partial charge in [-0.2, -0.15) is 0 Å². The molecule has 4 heteroatoms. The summed E-state index contributed by atoms with van der Waals surface area (Å²) in [4.78, 5) is 25.1. The molecule has 0 aromatic heterocycles. The van der Waals surface area contributed by atoms with Gasteiger partial charge in [0.2, 0.25) is 5.91 Å². The van der Waals surface area contributed by atoms with Gasteiger partial charge in [-0.25, -0.2) is 0 Å². The van der Waals surface area contributed by atoms with E-state index in [1.54, 1.807) is 18.7 Å². The van der Waals surface area contributed by atoms with Crippen LogP contribution >= 0.6 is 0 Å². The van der Waals surface area contributed by atoms with E-state index in [4.69, 9.17) is 0 Å². The number of carbonyl (C=O) groups is 2. The molecule has 1 N–H and O–H groups in total. The smallest absolute Gasteiger partial charge is 0.226 e. The van der Waals surface area contributed by atoms with E-state index in [-0.39, 0.29) is 24.2 Å². The molecule has 0 spiro atoms. The fraction of sp³-hybridized carbons (Fsp3) is 0.500. The highest BCUT2D eigenvalue weighted by molar-refractivity contribution is 5.96. The van der Waals surface area contributed by atoms with Gasteiger partial charge in [0.1, 0.15) is 5.78 Å². The first-order valence-corrected chi connectivity index (χ1v) is 6.92. The molecule has 1 fully saturated rings. The molecule has 0 saturated heterocycles. The van der Waals surface area contributed by atoms with E-state index < -0.39 is 5.60 Å². The van der Waals surface area contributed by atoms with E-state index >= 15 is 0 Å². The van der Waals surface area contributed by atoms with Crippen molar-refractivity contribution in [1.29, 1.82) is 0 Å². The van der Waals surface area contributed by atoms with E-state index in [0.717, 1.165) is 5.56 Å². The number of hydrogen-bond acceptors (Lipinski definition) is 3. The molecule has 1 aromatic carbocycles. The second kappa shape index (κ2) is 5.75. The van der Waals surface area contributed by atoms with Crippen LogP contribution in [0.1, 0.15) is 32.3 Å². The van der Waals surface area contributed by atoms with Gasteiger partial charge in [-0.3, -0.25) is 9.59 Å². The minimum absolute atomic E-state index is 0.0319. The standard InChI is InChI=1S/C16H21NO3/c1-16(2,20)11-17(10-12-6-4-3-5-7-12)15(19)13-8-14(18)9-13/h3-7,13,20H,8-11H2,1-2H3. The Hall–Kier alpha value is -1.68. The van der Waals surface area contributed by atoms with Crippen molar-refractivity contribution in [3.63, 3.8) is 0 Å². The monoisotopic (exact) mass is 275 g/mol. The number of nitrogens with zero attached hydrogens (tertiary/aromatic N) is 1. The Morgan fingerprint density at radius 2 is 1.90 bits per heavy atom. The highest BCUT2D eigenvalue weighted by atomic mass is 16.3. The van der Waals surface area contributed by atoms with Crippen molar-refractivity contribution in [3.8, 4) is 0 Å². The summed E-state index contributed by atoms with van der Waals surface area (Å²) in [5.41, 5.74) is 0.0776. The predicted octanol–water partition coefficient (Wildman–Crippen LogP) is 1.77. The van der Waals surface area contributed by atoms with Crippen molar-refractivity contribution >= 4 is 11.7 Å². The number of amides is 1. The number of rotatable bonds is 5. The van der Waals surface area contributed by atoms with E-state index in [1.807, 2.05) is 30.3 Å². The number of benzene rings is 1. The summed E-state index contributed by atoms with van der Waals surface area (Å²) in [6.45, 7) is 4.11. The Balaban J connectivity index is 2.08. The third-order valence-electron chi connectivity index (χ3n) is 3.40. The number of aliphatic hydroxyl groups is 1. The Kier molecular flexibility index (Phi) is 4.23. The number of hydrogen-bond donors (Lipinski definition) is 1. The van der Waals surface area contributed by atoms with Crippen molar-refractivity contribution in [3.05, 3.63) is 35.9 Å². The lowest BCUT2D eigenvalue weighted by atomic mass is 9.82. The second-order valence-electron chi connectivity index (χ2n) is 6.14. The van der Waals surface area contributed by atoms with Crippen molar-refractivity contribution in [2.75, 3.05) is 6.54 Å². The van der Waals surface area contributed by atoms with Crippen LogP contribution in [-0.2, 0) is 16.1 Å². The van der Waals surface area contributed by atoms with Crippen molar-refractivity contribution in [2.45, 2.75) is 38.8 Å². The van der Waals surface area contributed by atoms with Crippen LogP contribution in [0.2, 0.25) is 0 Å². The first kappa shape index (κ1) is 14.7. The maximum atomic E-state index is 12.4. The molecule has 20 heavy (non-hydrogen) atoms. The normalized spacial score (nSPS) is 15.8. The molecule has 1 saturated carbocycles. The average molecular weight is 275 g/mol. The number of ketones is 1. The maximum Gasteiger partial charge on any atom is 0.226 e. The summed E-state index contributed by atoms with van der Waals surface area (Å²) < 4.78 is 0. The van der Waals surface area contributed by atoms with Gasteiger partial charge in [0.15, 0.2) is 0 Å². The summed E-state index contributed by atoms with van der Waals surface area (Å²) in [5, 5.41) is 9.98. The van der Waals surface area contributed by atoms with Crippen LogP contribution in [0.3, 0.4) is 0 Å². The zero-order chi connectivity index (χ0) is 14.8. The summed E-state index contributed by atoms with van der Waals surface area (Å²) in [5.74, 6) is -0.0876. The van der Waals surface area contributed by atoms with Crippen LogP contribution in [0.5, 0.6) is 0 Å². The van der Waals surface area contributed by atoms with Crippen LogP contribution in [-0.4, -0.2) is 33.8 Å². The Morgan fingerprint density at radius 1 is 1.30 bits per heavy atom. The lowest BCUT2D eigenvalue weighted by Gasteiger charge is -2.34. The molecule has 0 atom stereocenters. The Labute approximate surface area is 119 Å². The van der Waals surface area contributed by atoms with Gasteiger partial charge in [-0.05, 0) is 19.4 Å². The van der Waals surface area contributed by atoms with E-state index in [2.05, 4.69) is 0 Å². The SMILES string of the molecule is CC(C)(O)CN(Cc1ccccc1)C(=O)C1CC(=O)C1. The molecule has 0 heterocycles. The van der Waals surface area contributed by atoms with Crippen LogP contribution in [0.15, 0.2) is 30.3 Å². The number of Topliss-reactive ketones (excluding diaryl/α,β-unsaturated/α-hetero) is 1. The summed E-state index contributed by atoms with van der Waals surface area (Å²) in [7, 11) is 0. The largest absolute Gasteiger partial charge is 0.389 e. The first-order valence-electron chi connectivity index (χ1n) is 6.92. The first-order chi connectivity index (χ1) is 9.35. The molecule has 0 bridgehead atoms. The van der Waals surface area contributed by atoms with Crippen LogP contribution in [0.4, 0.5) is 0 Å². The minimum atomic E-state index is -0.946. The van der Waals surface area contributed by atoms with Crippen LogP contribution in [0, 0.1) is 5.92 Å². The van der Waals surface area contributed by atoms with Crippen molar-refractivity contribution < 1.29 is 14.7 Å². The summed E-state index contributed by atoms with van der Waals surface area (Å²) >= 11 is 0. The van der Waals surface area contributed by atoms with E-state index in [0.29, 0.717) is 19.4 Å². The van der Waals surface area contributed by atoms with Gasteiger partial charge in [0.25, 0.3) is 0 Å². The van der Waals surface area contributed by atoms with Gasteiger partial charge in [0.05, 0.1) is 11.5 Å². The molecular weight excluding hydrogens is 254 g/mol. The van der Waals surface area contributed by atoms with Crippen LogP contribution < -0.4 is 0 Å². The third kappa shape index (κ3) is 3.90. The second-order valence-corrected chi connectivity index (χ2v) is 6.14. The van der Waals surface area contributed by atoms with Crippen LogP contribution in [0.25, 0.3) is 0 Å². The van der Waals surface area contributed by atoms with Crippen molar-refractivity contribution in [1.82, 2.24) is 4.90 Å². The highest BCUT2D eigenvalue weighted by Gasteiger charge is 2.36. The molecule has 1 amide bonds. The molecule has 0 unspecified atom stereocenters. The lowest BCUT2D eigenvalue weighted by molar-refractivity contribution is -0.147. The minimum Gasteiger partial charge on any atom is -0.389 e. The van der Waals surface area contributed by atoms with Gasteiger partial charge in [0, 0.05) is 25.9 Å². The molecule has 1 aliphatic carbocycles. The summed E-state index contributed by atoms with van der Waals surface area (Å²) in [6.07, 6.45) is 0.686. The van der Waals surface area contributed by atoms with Gasteiger partial charge >= 0.3 is 0 Å². The Morgan fingerprint density at radius 3 is 2.40 bits per heavy atom. The molecule has 2 rings (SSSR count). The van der Waals surface area contributed by atoms with E-state index in [9.17, 15) is 14.7 Å². The molecule has 0 radical (unpaired) electrons. The molecule has 1 aliphatic rings. The van der Waals surface area contributed by atoms with Gasteiger partial charge < -0.3 is 10.0 Å². The maximum absolute atomic E-state index is 12.4. The quantitative estimate of drug-likeness (QED) is 0.891. The average Bonchev–Trinajstić information content (AvgIpc) is 2.33. The molecule has 108 valence electrons. The fourth-order valence-corrected chi connectivity index (χ4v) is 2.41. The zero-order valence-corrected chi connectivity index (χ0v) is 12.0. The molecular formula is C16H21NO3. The molecule has 4 nitrogen and oxygen atoms in total. The van der Waals surface area contributed by atoms with E-state index in [1.165, 1.54) is 0 Å². The molecule has 1 aromatic rings. The number of carbonyl (C=O) groups excluding carboxylic acids is 2. The zero-order valence-electron chi connectivity index (χ0n) is 12.0.